The number of hydrogen-bond donors (Lipinski definition) is 1. The summed E-state index contributed by atoms with van der Waals surface area (Å²) in [5, 5.41) is 9.55. The van der Waals surface area contributed by atoms with Gasteiger partial charge in [-0.25, -0.2) is 0 Å². The first-order valence-electron chi connectivity index (χ1n) is 5.61. The zero-order valence-corrected chi connectivity index (χ0v) is 13.7. The monoisotopic (exact) mass is 307 g/mol. The largest absolute Gasteiger partial charge is 0.512 e. The van der Waals surface area contributed by atoms with E-state index in [0.717, 1.165) is 0 Å². The normalized spacial score (nSPS) is 13.5. The fourth-order valence-corrected chi connectivity index (χ4v) is 2.92. The van der Waals surface area contributed by atoms with Crippen LogP contribution < -0.4 is 0 Å². The van der Waals surface area contributed by atoms with Gasteiger partial charge in [-0.15, -0.1) is 0 Å². The number of hydrogen-bond acceptors (Lipinski definition) is 3. The van der Waals surface area contributed by atoms with Gasteiger partial charge in [-0.05, 0) is 33.5 Å². The summed E-state index contributed by atoms with van der Waals surface area (Å²) in [5.74, 6) is -0.106. The van der Waals surface area contributed by atoms with Crippen molar-refractivity contribution in [3.63, 3.8) is 0 Å². The molecular formula is C12H24CuO3Si. The van der Waals surface area contributed by atoms with Crippen LogP contribution in [0.3, 0.4) is 0 Å². The fourth-order valence-electron chi connectivity index (χ4n) is 1.29. The quantitative estimate of drug-likeness (QED) is 0.482. The number of ketones is 1. The van der Waals surface area contributed by atoms with Crippen molar-refractivity contribution in [1.82, 2.24) is 0 Å². The second-order valence-electron chi connectivity index (χ2n) is 5.81. The summed E-state index contributed by atoms with van der Waals surface area (Å²) in [6.45, 7) is 13.3. The zero-order chi connectivity index (χ0) is 13.1. The molecule has 0 saturated carbocycles. The van der Waals surface area contributed by atoms with E-state index in [0.29, 0.717) is 0 Å². The molecule has 0 amide bonds. The Balaban J connectivity index is 0. The zero-order valence-electron chi connectivity index (χ0n) is 11.7. The molecule has 0 spiro atoms. The Kier molecular flexibility index (Phi) is 7.63. The summed E-state index contributed by atoms with van der Waals surface area (Å²) in [4.78, 5) is 11.9. The molecule has 0 aromatic carbocycles. The van der Waals surface area contributed by atoms with Gasteiger partial charge in [0.2, 0.25) is 0 Å². The Morgan fingerprint density at radius 1 is 1.29 bits per heavy atom. The van der Waals surface area contributed by atoms with Gasteiger partial charge in [0.1, 0.15) is 5.60 Å². The van der Waals surface area contributed by atoms with Crippen LogP contribution in [0, 0.1) is 5.92 Å². The van der Waals surface area contributed by atoms with Crippen LogP contribution in [0.2, 0.25) is 19.6 Å². The van der Waals surface area contributed by atoms with Crippen molar-refractivity contribution in [2.75, 3.05) is 0 Å². The summed E-state index contributed by atoms with van der Waals surface area (Å²) in [6.07, 6.45) is 1.28. The third kappa shape index (κ3) is 7.76. The van der Waals surface area contributed by atoms with Crippen LogP contribution in [-0.4, -0.2) is 24.8 Å². The molecule has 0 aliphatic carbocycles. The summed E-state index contributed by atoms with van der Waals surface area (Å²) in [5.41, 5.74) is -0.854. The molecule has 0 aliphatic rings. The van der Waals surface area contributed by atoms with Crippen molar-refractivity contribution in [3.05, 3.63) is 11.8 Å². The number of rotatable bonds is 5. The van der Waals surface area contributed by atoms with Gasteiger partial charge in [0.05, 0.1) is 5.76 Å². The van der Waals surface area contributed by atoms with Crippen LogP contribution in [0.15, 0.2) is 11.8 Å². The molecule has 0 bridgehead atoms. The third-order valence-electron chi connectivity index (χ3n) is 2.03. The van der Waals surface area contributed by atoms with Crippen molar-refractivity contribution in [1.29, 1.82) is 0 Å². The van der Waals surface area contributed by atoms with Crippen LogP contribution in [0.25, 0.3) is 0 Å². The maximum absolute atomic E-state index is 11.9. The van der Waals surface area contributed by atoms with Crippen molar-refractivity contribution >= 4 is 14.1 Å². The van der Waals surface area contributed by atoms with Gasteiger partial charge in [-0.1, -0.05) is 13.8 Å². The topological polar surface area (TPSA) is 46.5 Å². The first-order chi connectivity index (χ1) is 6.96. The molecule has 0 aliphatic heterocycles. The average Bonchev–Trinajstić information content (AvgIpc) is 1.98. The van der Waals surface area contributed by atoms with Gasteiger partial charge >= 0.3 is 0 Å². The van der Waals surface area contributed by atoms with Crippen molar-refractivity contribution in [2.45, 2.75) is 52.9 Å². The summed E-state index contributed by atoms with van der Waals surface area (Å²) in [6, 6.07) is 0. The molecule has 1 N–H and O–H groups in total. The number of carbonyl (C=O) groups is 1. The molecule has 0 aromatic rings. The Labute approximate surface area is 116 Å². The number of carbonyl (C=O) groups excluding carboxylic acids is 1. The van der Waals surface area contributed by atoms with Crippen molar-refractivity contribution in [2.24, 2.45) is 5.92 Å². The number of aliphatic hydroxyl groups excluding tert-OH is 1. The predicted octanol–water partition coefficient (Wildman–Crippen LogP) is 3.28. The van der Waals surface area contributed by atoms with Crippen LogP contribution in [0.5, 0.6) is 0 Å². The van der Waals surface area contributed by atoms with Crippen LogP contribution in [-0.2, 0) is 26.3 Å². The minimum absolute atomic E-state index is 0. The Hall–Kier alpha value is -0.0936. The third-order valence-corrected chi connectivity index (χ3v) is 3.15. The van der Waals surface area contributed by atoms with Crippen molar-refractivity contribution < 1.29 is 31.4 Å². The number of allylic oxidation sites excluding steroid dienone is 1. The van der Waals surface area contributed by atoms with Crippen LogP contribution >= 0.6 is 0 Å². The molecule has 0 unspecified atom stereocenters. The number of aliphatic hydroxyl groups is 1. The van der Waals surface area contributed by atoms with E-state index in [9.17, 15) is 9.90 Å². The van der Waals surface area contributed by atoms with Gasteiger partial charge in [0.15, 0.2) is 14.1 Å². The molecule has 5 heteroatoms. The van der Waals surface area contributed by atoms with E-state index in [1.807, 2.05) is 33.5 Å². The standard InChI is InChI=1S/C12H24O3Si.Cu/c1-9(2)10(13)8-11(14)12(3,4)15-16(5,6)7;/h8-9,13H,1-7H3;/b10-8-;. The van der Waals surface area contributed by atoms with E-state index in [-0.39, 0.29) is 34.5 Å². The molecular weight excluding hydrogens is 284 g/mol. The first-order valence-corrected chi connectivity index (χ1v) is 9.01. The SMILES string of the molecule is CC(C)/C(O)=C/C(=O)C(C)(C)O[Si](C)(C)C.[Cu]. The molecule has 0 saturated heterocycles. The molecule has 3 nitrogen and oxygen atoms in total. The van der Waals surface area contributed by atoms with E-state index < -0.39 is 13.9 Å². The van der Waals surface area contributed by atoms with Gasteiger partial charge in [-0.3, -0.25) is 4.79 Å². The van der Waals surface area contributed by atoms with E-state index in [4.69, 9.17) is 4.43 Å². The van der Waals surface area contributed by atoms with Gasteiger partial charge in [0.25, 0.3) is 0 Å². The van der Waals surface area contributed by atoms with Gasteiger partial charge < -0.3 is 9.53 Å². The molecule has 0 aromatic heterocycles. The smallest absolute Gasteiger partial charge is 0.189 e. The van der Waals surface area contributed by atoms with E-state index in [2.05, 4.69) is 0 Å². The Morgan fingerprint density at radius 3 is 2.00 bits per heavy atom. The van der Waals surface area contributed by atoms with E-state index in [1.165, 1.54) is 6.08 Å². The maximum Gasteiger partial charge on any atom is 0.189 e. The predicted molar refractivity (Wildman–Crippen MR) is 69.1 cm³/mol. The molecule has 0 heterocycles. The van der Waals surface area contributed by atoms with Crippen LogP contribution in [0.4, 0.5) is 0 Å². The fraction of sp³-hybridized carbons (Fsp3) is 0.750. The Morgan fingerprint density at radius 2 is 1.71 bits per heavy atom. The van der Waals surface area contributed by atoms with Gasteiger partial charge in [0, 0.05) is 29.1 Å². The van der Waals surface area contributed by atoms with Crippen LogP contribution in [0.1, 0.15) is 27.7 Å². The van der Waals surface area contributed by atoms with E-state index in [1.54, 1.807) is 13.8 Å². The average molecular weight is 308 g/mol. The maximum atomic E-state index is 11.9. The molecule has 0 rings (SSSR count). The Bertz CT molecular complexity index is 291. The molecule has 105 valence electrons. The summed E-state index contributed by atoms with van der Waals surface area (Å²) < 4.78 is 5.80. The molecule has 0 fully saturated rings. The molecule has 17 heavy (non-hydrogen) atoms. The molecule has 0 atom stereocenters. The summed E-state index contributed by atoms with van der Waals surface area (Å²) in [7, 11) is -1.77. The second kappa shape index (κ2) is 6.74. The minimum atomic E-state index is -1.77. The summed E-state index contributed by atoms with van der Waals surface area (Å²) >= 11 is 0. The van der Waals surface area contributed by atoms with E-state index >= 15 is 0 Å². The van der Waals surface area contributed by atoms with Crippen molar-refractivity contribution in [3.8, 4) is 0 Å². The first kappa shape index (κ1) is 19.3. The second-order valence-corrected chi connectivity index (χ2v) is 10.2. The minimum Gasteiger partial charge on any atom is -0.512 e. The van der Waals surface area contributed by atoms with Gasteiger partial charge in [-0.2, -0.15) is 0 Å². The molecule has 1 radical (unpaired) electrons.